The minimum atomic E-state index is -3.66. The van der Waals surface area contributed by atoms with Crippen LogP contribution in [0.4, 0.5) is 4.39 Å². The predicted octanol–water partition coefficient (Wildman–Crippen LogP) is 3.66. The molecule has 0 atom stereocenters. The first-order valence-electron chi connectivity index (χ1n) is 6.99. The number of hydrogen-bond acceptors (Lipinski definition) is 2. The zero-order valence-electron chi connectivity index (χ0n) is 13.1. The van der Waals surface area contributed by atoms with E-state index in [1.807, 2.05) is 13.8 Å². The summed E-state index contributed by atoms with van der Waals surface area (Å²) in [5, 5.41) is 0. The molecule has 0 aliphatic heterocycles. The molecular weight excluding hydrogens is 301 g/mol. The van der Waals surface area contributed by atoms with Crippen molar-refractivity contribution in [2.24, 2.45) is 0 Å². The highest BCUT2D eigenvalue weighted by Crippen LogP contribution is 2.24. The summed E-state index contributed by atoms with van der Waals surface area (Å²) in [7, 11) is -3.66. The van der Waals surface area contributed by atoms with Crippen LogP contribution in [-0.2, 0) is 15.6 Å². The van der Waals surface area contributed by atoms with Gasteiger partial charge in [-0.15, -0.1) is 0 Å². The molecule has 0 spiro atoms. The van der Waals surface area contributed by atoms with Crippen molar-refractivity contribution in [2.45, 2.75) is 38.1 Å². The van der Waals surface area contributed by atoms with Crippen LogP contribution in [0, 0.1) is 19.7 Å². The van der Waals surface area contributed by atoms with Crippen molar-refractivity contribution >= 4 is 10.0 Å². The Labute approximate surface area is 131 Å². The fourth-order valence-corrected chi connectivity index (χ4v) is 3.69. The topological polar surface area (TPSA) is 46.2 Å². The Morgan fingerprint density at radius 3 is 2.09 bits per heavy atom. The van der Waals surface area contributed by atoms with Gasteiger partial charge in [-0.25, -0.2) is 17.5 Å². The largest absolute Gasteiger partial charge is 0.241 e. The fourth-order valence-electron chi connectivity index (χ4n) is 2.20. The molecule has 2 aromatic carbocycles. The molecular formula is C17H20FNO2S. The molecule has 0 saturated heterocycles. The van der Waals surface area contributed by atoms with Gasteiger partial charge in [0, 0.05) is 0 Å². The van der Waals surface area contributed by atoms with Crippen LogP contribution in [-0.4, -0.2) is 8.42 Å². The zero-order valence-corrected chi connectivity index (χ0v) is 14.0. The lowest BCUT2D eigenvalue weighted by molar-refractivity contribution is 0.471. The molecule has 5 heteroatoms. The molecule has 0 aliphatic carbocycles. The van der Waals surface area contributed by atoms with Crippen molar-refractivity contribution in [1.29, 1.82) is 0 Å². The van der Waals surface area contributed by atoms with Gasteiger partial charge in [-0.2, -0.15) is 0 Å². The lowest BCUT2D eigenvalue weighted by Gasteiger charge is -2.26. The van der Waals surface area contributed by atoms with Gasteiger partial charge in [-0.05, 0) is 68.7 Å². The van der Waals surface area contributed by atoms with Gasteiger partial charge in [0.05, 0.1) is 10.4 Å². The summed E-state index contributed by atoms with van der Waals surface area (Å²) in [6.07, 6.45) is 0. The third kappa shape index (κ3) is 3.54. The first-order chi connectivity index (χ1) is 10.1. The van der Waals surface area contributed by atoms with Gasteiger partial charge >= 0.3 is 0 Å². The SMILES string of the molecule is Cc1ccc(S(=O)(=O)NC(C)(C)c2ccc(F)cc2)cc1C. The van der Waals surface area contributed by atoms with Crippen LogP contribution in [0.15, 0.2) is 47.4 Å². The number of halogens is 1. The quantitative estimate of drug-likeness (QED) is 0.934. The number of benzene rings is 2. The second-order valence-electron chi connectivity index (χ2n) is 5.98. The van der Waals surface area contributed by atoms with E-state index in [9.17, 15) is 12.8 Å². The standard InChI is InChI=1S/C17H20FNO2S/c1-12-5-10-16(11-13(12)2)22(20,21)19-17(3,4)14-6-8-15(18)9-7-14/h5-11,19H,1-4H3. The fraction of sp³-hybridized carbons (Fsp3) is 0.294. The summed E-state index contributed by atoms with van der Waals surface area (Å²) in [4.78, 5) is 0.228. The average Bonchev–Trinajstić information content (AvgIpc) is 2.41. The van der Waals surface area contributed by atoms with Gasteiger partial charge in [-0.1, -0.05) is 18.2 Å². The number of nitrogens with one attached hydrogen (secondary N) is 1. The molecule has 0 unspecified atom stereocenters. The Morgan fingerprint density at radius 1 is 0.955 bits per heavy atom. The van der Waals surface area contributed by atoms with E-state index in [-0.39, 0.29) is 10.7 Å². The van der Waals surface area contributed by atoms with E-state index < -0.39 is 15.6 Å². The maximum atomic E-state index is 13.0. The van der Waals surface area contributed by atoms with Crippen LogP contribution >= 0.6 is 0 Å². The van der Waals surface area contributed by atoms with Gasteiger partial charge in [0.2, 0.25) is 10.0 Å². The molecule has 0 heterocycles. The maximum Gasteiger partial charge on any atom is 0.241 e. The van der Waals surface area contributed by atoms with Crippen molar-refractivity contribution in [1.82, 2.24) is 4.72 Å². The van der Waals surface area contributed by atoms with Crippen LogP contribution in [0.5, 0.6) is 0 Å². The van der Waals surface area contributed by atoms with Crippen LogP contribution in [0.25, 0.3) is 0 Å². The summed E-state index contributed by atoms with van der Waals surface area (Å²) in [6.45, 7) is 7.30. The number of rotatable bonds is 4. The van der Waals surface area contributed by atoms with Crippen LogP contribution in [0.1, 0.15) is 30.5 Å². The molecule has 0 aliphatic rings. The molecule has 3 nitrogen and oxygen atoms in total. The van der Waals surface area contributed by atoms with E-state index in [2.05, 4.69) is 4.72 Å². The summed E-state index contributed by atoms with van der Waals surface area (Å²) in [5.74, 6) is -0.350. The number of hydrogen-bond donors (Lipinski definition) is 1. The van der Waals surface area contributed by atoms with Crippen molar-refractivity contribution in [3.63, 3.8) is 0 Å². The molecule has 22 heavy (non-hydrogen) atoms. The number of aryl methyl sites for hydroxylation is 2. The van der Waals surface area contributed by atoms with Gasteiger partial charge in [0.25, 0.3) is 0 Å². The maximum absolute atomic E-state index is 13.0. The van der Waals surface area contributed by atoms with Crippen molar-refractivity contribution < 1.29 is 12.8 Å². The second kappa shape index (κ2) is 5.82. The first kappa shape index (κ1) is 16.6. The van der Waals surface area contributed by atoms with Gasteiger partial charge in [0.1, 0.15) is 5.82 Å². The Kier molecular flexibility index (Phi) is 4.40. The highest BCUT2D eigenvalue weighted by Gasteiger charge is 2.28. The summed E-state index contributed by atoms with van der Waals surface area (Å²) in [6, 6.07) is 10.8. The Balaban J connectivity index is 2.34. The smallest absolute Gasteiger partial charge is 0.207 e. The number of sulfonamides is 1. The van der Waals surface area contributed by atoms with E-state index in [0.29, 0.717) is 5.56 Å². The first-order valence-corrected chi connectivity index (χ1v) is 8.47. The molecule has 0 amide bonds. The van der Waals surface area contributed by atoms with Crippen LogP contribution in [0.2, 0.25) is 0 Å². The van der Waals surface area contributed by atoms with E-state index in [1.54, 1.807) is 44.2 Å². The van der Waals surface area contributed by atoms with Crippen molar-refractivity contribution in [3.8, 4) is 0 Å². The Bertz CT molecular complexity index is 781. The third-order valence-corrected chi connectivity index (χ3v) is 5.40. The van der Waals surface area contributed by atoms with Crippen molar-refractivity contribution in [2.75, 3.05) is 0 Å². The highest BCUT2D eigenvalue weighted by atomic mass is 32.2. The zero-order chi connectivity index (χ0) is 16.5. The summed E-state index contributed by atoms with van der Waals surface area (Å²) >= 11 is 0. The second-order valence-corrected chi connectivity index (χ2v) is 7.67. The van der Waals surface area contributed by atoms with Crippen LogP contribution in [0.3, 0.4) is 0 Å². The molecule has 0 aromatic heterocycles. The molecule has 2 aromatic rings. The van der Waals surface area contributed by atoms with Crippen molar-refractivity contribution in [3.05, 3.63) is 65.0 Å². The molecule has 0 radical (unpaired) electrons. The Hall–Kier alpha value is -1.72. The summed E-state index contributed by atoms with van der Waals surface area (Å²) < 4.78 is 40.8. The van der Waals surface area contributed by atoms with E-state index in [4.69, 9.17) is 0 Å². The van der Waals surface area contributed by atoms with Gasteiger partial charge in [0.15, 0.2) is 0 Å². The Morgan fingerprint density at radius 2 is 1.55 bits per heavy atom. The minimum absolute atomic E-state index is 0.228. The lowest BCUT2D eigenvalue weighted by atomic mass is 9.96. The predicted molar refractivity (Wildman–Crippen MR) is 85.7 cm³/mol. The minimum Gasteiger partial charge on any atom is -0.207 e. The van der Waals surface area contributed by atoms with Gasteiger partial charge < -0.3 is 0 Å². The van der Waals surface area contributed by atoms with Crippen LogP contribution < -0.4 is 4.72 Å². The highest BCUT2D eigenvalue weighted by molar-refractivity contribution is 7.89. The van der Waals surface area contributed by atoms with E-state index in [1.165, 1.54) is 12.1 Å². The molecule has 118 valence electrons. The molecule has 0 fully saturated rings. The average molecular weight is 321 g/mol. The molecule has 0 saturated carbocycles. The van der Waals surface area contributed by atoms with Gasteiger partial charge in [-0.3, -0.25) is 0 Å². The lowest BCUT2D eigenvalue weighted by Crippen LogP contribution is -2.40. The third-order valence-electron chi connectivity index (χ3n) is 3.74. The summed E-state index contributed by atoms with van der Waals surface area (Å²) in [5.41, 5.74) is 1.81. The molecule has 1 N–H and O–H groups in total. The molecule has 2 rings (SSSR count). The monoisotopic (exact) mass is 321 g/mol. The van der Waals surface area contributed by atoms with E-state index >= 15 is 0 Å². The normalized spacial score (nSPS) is 12.4. The van der Waals surface area contributed by atoms with E-state index in [0.717, 1.165) is 11.1 Å². The molecule has 0 bridgehead atoms.